The molecule has 0 heterocycles. The molecule has 3 atom stereocenters. The molecule has 0 spiro atoms. The number of hydrogen-bond acceptors (Lipinski definition) is 6. The van der Waals surface area contributed by atoms with Gasteiger partial charge in [0.05, 0.1) is 9.82 Å². The lowest BCUT2D eigenvalue weighted by Gasteiger charge is -2.29. The second-order valence-corrected chi connectivity index (χ2v) is 9.35. The predicted molar refractivity (Wildman–Crippen MR) is 92.8 cm³/mol. The third-order valence-corrected chi connectivity index (χ3v) is 6.79. The first-order valence-electron chi connectivity index (χ1n) is 7.67. The van der Waals surface area contributed by atoms with E-state index in [2.05, 4.69) is 5.32 Å². The SMILES string of the molecule is CCS(=O)C1CCCC(Nc2ccc(S(N)(=O)=O)cc2[N+](=O)[O-])C1. The zero-order chi connectivity index (χ0) is 17.9. The summed E-state index contributed by atoms with van der Waals surface area (Å²) in [4.78, 5) is 10.3. The van der Waals surface area contributed by atoms with Crippen LogP contribution in [-0.2, 0) is 20.8 Å². The van der Waals surface area contributed by atoms with E-state index >= 15 is 0 Å². The number of nitrogens with zero attached hydrogens (tertiary/aromatic N) is 1. The molecule has 0 amide bonds. The molecule has 0 aromatic heterocycles. The Kier molecular flexibility index (Phi) is 5.94. The van der Waals surface area contributed by atoms with Crippen LogP contribution in [0.2, 0.25) is 0 Å². The highest BCUT2D eigenvalue weighted by Gasteiger charge is 2.27. The van der Waals surface area contributed by atoms with Crippen molar-refractivity contribution in [2.75, 3.05) is 11.1 Å². The van der Waals surface area contributed by atoms with E-state index in [0.717, 1.165) is 25.3 Å². The van der Waals surface area contributed by atoms with Crippen molar-refractivity contribution < 1.29 is 17.6 Å². The minimum absolute atomic E-state index is 0.0294. The second-order valence-electron chi connectivity index (χ2n) is 5.78. The average Bonchev–Trinajstić information content (AvgIpc) is 2.53. The topological polar surface area (TPSA) is 132 Å². The van der Waals surface area contributed by atoms with E-state index in [9.17, 15) is 22.7 Å². The van der Waals surface area contributed by atoms with Gasteiger partial charge >= 0.3 is 0 Å². The van der Waals surface area contributed by atoms with Crippen LogP contribution in [0.3, 0.4) is 0 Å². The zero-order valence-electron chi connectivity index (χ0n) is 13.3. The number of nitrogens with two attached hydrogens (primary N) is 1. The molecule has 8 nitrogen and oxygen atoms in total. The van der Waals surface area contributed by atoms with Crippen LogP contribution >= 0.6 is 0 Å². The highest BCUT2D eigenvalue weighted by molar-refractivity contribution is 7.89. The maximum absolute atomic E-state index is 12.0. The van der Waals surface area contributed by atoms with Crippen LogP contribution < -0.4 is 10.5 Å². The van der Waals surface area contributed by atoms with E-state index in [1.165, 1.54) is 12.1 Å². The van der Waals surface area contributed by atoms with Gasteiger partial charge in [0.15, 0.2) is 0 Å². The summed E-state index contributed by atoms with van der Waals surface area (Å²) < 4.78 is 34.7. The second kappa shape index (κ2) is 7.58. The van der Waals surface area contributed by atoms with Crippen LogP contribution in [0.5, 0.6) is 0 Å². The molecule has 1 aromatic carbocycles. The van der Waals surface area contributed by atoms with Crippen molar-refractivity contribution in [1.29, 1.82) is 0 Å². The number of anilines is 1. The summed E-state index contributed by atoms with van der Waals surface area (Å²) in [6, 6.07) is 3.54. The summed E-state index contributed by atoms with van der Waals surface area (Å²) in [5.74, 6) is 0.598. The third-order valence-electron chi connectivity index (χ3n) is 4.14. The van der Waals surface area contributed by atoms with Crippen LogP contribution in [0.4, 0.5) is 11.4 Å². The predicted octanol–water partition coefficient (Wildman–Crippen LogP) is 1.73. The summed E-state index contributed by atoms with van der Waals surface area (Å²) in [5.41, 5.74) is -0.0828. The first-order chi connectivity index (χ1) is 11.2. The Hall–Kier alpha value is -1.52. The van der Waals surface area contributed by atoms with Crippen LogP contribution in [0.15, 0.2) is 23.1 Å². The number of nitrogens with one attached hydrogen (secondary N) is 1. The van der Waals surface area contributed by atoms with Crippen molar-refractivity contribution in [3.63, 3.8) is 0 Å². The van der Waals surface area contributed by atoms with Gasteiger partial charge in [-0.2, -0.15) is 0 Å². The molecule has 134 valence electrons. The molecule has 1 aliphatic carbocycles. The van der Waals surface area contributed by atoms with Gasteiger partial charge in [-0.25, -0.2) is 13.6 Å². The van der Waals surface area contributed by atoms with Crippen molar-refractivity contribution in [3.05, 3.63) is 28.3 Å². The van der Waals surface area contributed by atoms with Gasteiger partial charge in [0, 0.05) is 33.9 Å². The van der Waals surface area contributed by atoms with E-state index in [1.807, 2.05) is 6.92 Å². The van der Waals surface area contributed by atoms with Crippen molar-refractivity contribution in [2.24, 2.45) is 5.14 Å². The Labute approximate surface area is 143 Å². The minimum Gasteiger partial charge on any atom is -0.377 e. The lowest BCUT2D eigenvalue weighted by Crippen LogP contribution is -2.33. The smallest absolute Gasteiger partial charge is 0.293 e. The minimum atomic E-state index is -4.00. The van der Waals surface area contributed by atoms with E-state index in [-0.39, 0.29) is 27.6 Å². The Balaban J connectivity index is 2.23. The third kappa shape index (κ3) is 4.52. The largest absolute Gasteiger partial charge is 0.377 e. The highest BCUT2D eigenvalue weighted by Crippen LogP contribution is 2.31. The maximum Gasteiger partial charge on any atom is 0.293 e. The fourth-order valence-corrected chi connectivity index (χ4v) is 4.81. The van der Waals surface area contributed by atoms with Gasteiger partial charge in [-0.1, -0.05) is 13.3 Å². The lowest BCUT2D eigenvalue weighted by atomic mass is 9.94. The van der Waals surface area contributed by atoms with Crippen molar-refractivity contribution in [2.45, 2.75) is 48.8 Å². The Bertz CT molecular complexity index is 751. The summed E-state index contributed by atoms with van der Waals surface area (Å²) in [7, 11) is -4.90. The Morgan fingerprint density at radius 1 is 1.42 bits per heavy atom. The molecule has 10 heteroatoms. The molecule has 3 unspecified atom stereocenters. The molecule has 0 aliphatic heterocycles. The first kappa shape index (κ1) is 18.8. The zero-order valence-corrected chi connectivity index (χ0v) is 14.9. The first-order valence-corrected chi connectivity index (χ1v) is 10.6. The normalized spacial score (nSPS) is 22.8. The van der Waals surface area contributed by atoms with Crippen LogP contribution in [0.1, 0.15) is 32.6 Å². The molecule has 1 aromatic rings. The molecule has 24 heavy (non-hydrogen) atoms. The number of hydrogen-bond donors (Lipinski definition) is 2. The molecule has 1 fully saturated rings. The number of sulfonamides is 1. The number of rotatable bonds is 6. The number of nitro benzene ring substituents is 1. The average molecular weight is 375 g/mol. The molecule has 0 saturated heterocycles. The lowest BCUT2D eigenvalue weighted by molar-refractivity contribution is -0.384. The van der Waals surface area contributed by atoms with E-state index < -0.39 is 25.7 Å². The fraction of sp³-hybridized carbons (Fsp3) is 0.571. The molecule has 0 radical (unpaired) electrons. The Morgan fingerprint density at radius 3 is 2.71 bits per heavy atom. The van der Waals surface area contributed by atoms with Crippen LogP contribution in [-0.4, -0.2) is 34.6 Å². The number of nitro groups is 1. The molecular weight excluding hydrogens is 354 g/mol. The molecule has 1 aliphatic rings. The van der Waals surface area contributed by atoms with Gasteiger partial charge in [-0.05, 0) is 31.4 Å². The van der Waals surface area contributed by atoms with E-state index in [4.69, 9.17) is 5.14 Å². The maximum atomic E-state index is 12.0. The summed E-state index contributed by atoms with van der Waals surface area (Å²) in [6.45, 7) is 1.88. The summed E-state index contributed by atoms with van der Waals surface area (Å²) >= 11 is 0. The highest BCUT2D eigenvalue weighted by atomic mass is 32.2. The number of primary sulfonamides is 1. The summed E-state index contributed by atoms with van der Waals surface area (Å²) in [5, 5.41) is 19.5. The van der Waals surface area contributed by atoms with Gasteiger partial charge in [-0.15, -0.1) is 0 Å². The number of benzene rings is 1. The van der Waals surface area contributed by atoms with Gasteiger partial charge < -0.3 is 5.32 Å². The van der Waals surface area contributed by atoms with Gasteiger partial charge in [-0.3, -0.25) is 14.3 Å². The van der Waals surface area contributed by atoms with Crippen molar-refractivity contribution in [3.8, 4) is 0 Å². The van der Waals surface area contributed by atoms with E-state index in [0.29, 0.717) is 12.2 Å². The fourth-order valence-electron chi connectivity index (χ4n) is 2.93. The van der Waals surface area contributed by atoms with Crippen molar-refractivity contribution in [1.82, 2.24) is 0 Å². The molecule has 2 rings (SSSR count). The molecule has 0 bridgehead atoms. The summed E-state index contributed by atoms with van der Waals surface area (Å²) in [6.07, 6.45) is 3.29. The van der Waals surface area contributed by atoms with Gasteiger partial charge in [0.25, 0.3) is 5.69 Å². The molecule has 3 N–H and O–H groups in total. The van der Waals surface area contributed by atoms with Crippen LogP contribution in [0.25, 0.3) is 0 Å². The van der Waals surface area contributed by atoms with Crippen molar-refractivity contribution >= 4 is 32.2 Å². The van der Waals surface area contributed by atoms with Gasteiger partial charge in [0.1, 0.15) is 5.69 Å². The van der Waals surface area contributed by atoms with Gasteiger partial charge in [0.2, 0.25) is 10.0 Å². The standard InChI is InChI=1S/C14H21N3O5S2/c1-2-23(20)11-5-3-4-10(8-11)16-13-7-6-12(24(15,21)22)9-14(13)17(18)19/h6-7,9-11,16H,2-5,8H2,1H3,(H2,15,21,22). The molecule has 1 saturated carbocycles. The monoisotopic (exact) mass is 375 g/mol. The van der Waals surface area contributed by atoms with E-state index in [1.54, 1.807) is 0 Å². The quantitative estimate of drug-likeness (QED) is 0.575. The van der Waals surface area contributed by atoms with Crippen LogP contribution in [0, 0.1) is 10.1 Å². The molecular formula is C14H21N3O5S2. The Morgan fingerprint density at radius 2 is 2.12 bits per heavy atom.